The summed E-state index contributed by atoms with van der Waals surface area (Å²) in [4.78, 5) is 3.95. The van der Waals surface area contributed by atoms with E-state index in [1.54, 1.807) is 12.4 Å². The summed E-state index contributed by atoms with van der Waals surface area (Å²) < 4.78 is 0. The maximum Gasteiger partial charge on any atom is 0.0791 e. The molecule has 60 valence electrons. The molecule has 1 N–H and O–H groups in total. The third-order valence-corrected chi connectivity index (χ3v) is 1.81. The second-order valence-corrected chi connectivity index (χ2v) is 2.66. The van der Waals surface area contributed by atoms with Gasteiger partial charge in [0.2, 0.25) is 0 Å². The van der Waals surface area contributed by atoms with E-state index >= 15 is 0 Å². The average molecular weight is 151 g/mol. The number of hydrogen-bond acceptors (Lipinski definition) is 2. The van der Waals surface area contributed by atoms with Gasteiger partial charge in [0.05, 0.1) is 6.10 Å². The molecule has 0 saturated heterocycles. The van der Waals surface area contributed by atoms with Gasteiger partial charge in [-0.15, -0.1) is 0 Å². The average Bonchev–Trinajstić information content (AvgIpc) is 2.04. The second-order valence-electron chi connectivity index (χ2n) is 2.66. The smallest absolute Gasteiger partial charge is 0.0791 e. The van der Waals surface area contributed by atoms with Gasteiger partial charge in [-0.3, -0.25) is 4.98 Å². The van der Waals surface area contributed by atoms with Crippen molar-refractivity contribution in [3.8, 4) is 0 Å². The molecule has 1 heterocycles. The standard InChI is InChI=1S/C9H13NO/c1-3-9(11)8-4-5-10-6-7(8)2/h4-6,9,11H,3H2,1-2H3/t9-/m0/s1. The van der Waals surface area contributed by atoms with Crippen LogP contribution < -0.4 is 0 Å². The van der Waals surface area contributed by atoms with Crippen LogP contribution in [0.2, 0.25) is 0 Å². The normalized spacial score (nSPS) is 13.0. The minimum atomic E-state index is -0.335. The summed E-state index contributed by atoms with van der Waals surface area (Å²) in [6, 6.07) is 1.86. The second kappa shape index (κ2) is 3.49. The zero-order valence-corrected chi connectivity index (χ0v) is 6.91. The van der Waals surface area contributed by atoms with Crippen LogP contribution in [-0.2, 0) is 0 Å². The SMILES string of the molecule is CC[C@H](O)c1ccncc1C. The number of aromatic nitrogens is 1. The molecule has 0 spiro atoms. The highest BCUT2D eigenvalue weighted by atomic mass is 16.3. The van der Waals surface area contributed by atoms with Crippen LogP contribution in [0.4, 0.5) is 0 Å². The van der Waals surface area contributed by atoms with E-state index in [0.29, 0.717) is 0 Å². The van der Waals surface area contributed by atoms with Crippen molar-refractivity contribution >= 4 is 0 Å². The van der Waals surface area contributed by atoms with Crippen molar-refractivity contribution in [1.82, 2.24) is 4.98 Å². The summed E-state index contributed by atoms with van der Waals surface area (Å²) in [7, 11) is 0. The van der Waals surface area contributed by atoms with Crippen molar-refractivity contribution in [3.05, 3.63) is 29.6 Å². The molecule has 2 nitrogen and oxygen atoms in total. The molecule has 11 heavy (non-hydrogen) atoms. The summed E-state index contributed by atoms with van der Waals surface area (Å²) in [5.41, 5.74) is 2.05. The number of hydrogen-bond donors (Lipinski definition) is 1. The highest BCUT2D eigenvalue weighted by molar-refractivity contribution is 5.23. The maximum atomic E-state index is 9.48. The molecular weight excluding hydrogens is 138 g/mol. The van der Waals surface area contributed by atoms with E-state index in [-0.39, 0.29) is 6.10 Å². The molecular formula is C9H13NO. The lowest BCUT2D eigenvalue weighted by Crippen LogP contribution is -1.98. The van der Waals surface area contributed by atoms with Crippen LogP contribution in [-0.4, -0.2) is 10.1 Å². The quantitative estimate of drug-likeness (QED) is 0.699. The highest BCUT2D eigenvalue weighted by Crippen LogP contribution is 2.18. The van der Waals surface area contributed by atoms with Crippen LogP contribution >= 0.6 is 0 Å². The maximum absolute atomic E-state index is 9.48. The third-order valence-electron chi connectivity index (χ3n) is 1.81. The lowest BCUT2D eigenvalue weighted by atomic mass is 10.0. The summed E-state index contributed by atoms with van der Waals surface area (Å²) in [6.07, 6.45) is 3.90. The molecule has 1 aromatic heterocycles. The molecule has 0 aliphatic rings. The minimum absolute atomic E-state index is 0.335. The number of pyridine rings is 1. The predicted octanol–water partition coefficient (Wildman–Crippen LogP) is 1.83. The van der Waals surface area contributed by atoms with Gasteiger partial charge in [0.1, 0.15) is 0 Å². The molecule has 0 aliphatic heterocycles. The number of aryl methyl sites for hydroxylation is 1. The van der Waals surface area contributed by atoms with Gasteiger partial charge >= 0.3 is 0 Å². The fourth-order valence-electron chi connectivity index (χ4n) is 1.08. The Morgan fingerprint density at radius 2 is 2.36 bits per heavy atom. The third kappa shape index (κ3) is 1.77. The van der Waals surface area contributed by atoms with E-state index in [1.807, 2.05) is 19.9 Å². The molecule has 0 aromatic carbocycles. The van der Waals surface area contributed by atoms with Crippen LogP contribution in [0.25, 0.3) is 0 Å². The van der Waals surface area contributed by atoms with Crippen LogP contribution in [0.3, 0.4) is 0 Å². The summed E-state index contributed by atoms with van der Waals surface area (Å²) >= 11 is 0. The first-order chi connectivity index (χ1) is 5.25. The number of nitrogens with zero attached hydrogens (tertiary/aromatic N) is 1. The lowest BCUT2D eigenvalue weighted by Gasteiger charge is -2.09. The van der Waals surface area contributed by atoms with Gasteiger partial charge in [-0.2, -0.15) is 0 Å². The monoisotopic (exact) mass is 151 g/mol. The molecule has 0 amide bonds. The topological polar surface area (TPSA) is 33.1 Å². The summed E-state index contributed by atoms with van der Waals surface area (Å²) in [6.45, 7) is 3.92. The molecule has 1 aromatic rings. The molecule has 0 bridgehead atoms. The van der Waals surface area contributed by atoms with Crippen molar-refractivity contribution < 1.29 is 5.11 Å². The van der Waals surface area contributed by atoms with E-state index < -0.39 is 0 Å². The fraction of sp³-hybridized carbons (Fsp3) is 0.444. The first-order valence-electron chi connectivity index (χ1n) is 3.84. The largest absolute Gasteiger partial charge is 0.388 e. The molecule has 0 saturated carbocycles. The van der Waals surface area contributed by atoms with Gasteiger partial charge < -0.3 is 5.11 Å². The first-order valence-corrected chi connectivity index (χ1v) is 3.84. The van der Waals surface area contributed by atoms with Gasteiger partial charge in [-0.25, -0.2) is 0 Å². The Balaban J connectivity index is 2.93. The summed E-state index contributed by atoms with van der Waals surface area (Å²) in [5.74, 6) is 0. The van der Waals surface area contributed by atoms with Gasteiger partial charge in [0.25, 0.3) is 0 Å². The Bertz CT molecular complexity index is 235. The van der Waals surface area contributed by atoms with Crippen molar-refractivity contribution in [1.29, 1.82) is 0 Å². The zero-order chi connectivity index (χ0) is 8.27. The fourth-order valence-corrected chi connectivity index (χ4v) is 1.08. The van der Waals surface area contributed by atoms with Gasteiger partial charge in [-0.1, -0.05) is 6.92 Å². The zero-order valence-electron chi connectivity index (χ0n) is 6.91. The van der Waals surface area contributed by atoms with Crippen molar-refractivity contribution in [3.63, 3.8) is 0 Å². The van der Waals surface area contributed by atoms with E-state index in [1.165, 1.54) is 0 Å². The van der Waals surface area contributed by atoms with Crippen molar-refractivity contribution in [2.45, 2.75) is 26.4 Å². The van der Waals surface area contributed by atoms with Crippen LogP contribution in [0.5, 0.6) is 0 Å². The molecule has 1 rings (SSSR count). The Morgan fingerprint density at radius 1 is 1.64 bits per heavy atom. The van der Waals surface area contributed by atoms with Crippen molar-refractivity contribution in [2.24, 2.45) is 0 Å². The van der Waals surface area contributed by atoms with Gasteiger partial charge in [0, 0.05) is 12.4 Å². The van der Waals surface area contributed by atoms with Crippen molar-refractivity contribution in [2.75, 3.05) is 0 Å². The molecule has 2 heteroatoms. The van der Waals surface area contributed by atoms with E-state index in [4.69, 9.17) is 0 Å². The van der Waals surface area contributed by atoms with E-state index in [9.17, 15) is 5.11 Å². The molecule has 0 aliphatic carbocycles. The number of aliphatic hydroxyl groups excluding tert-OH is 1. The van der Waals surface area contributed by atoms with Crippen LogP contribution in [0.15, 0.2) is 18.5 Å². The van der Waals surface area contributed by atoms with Crippen LogP contribution in [0.1, 0.15) is 30.6 Å². The molecule has 1 atom stereocenters. The summed E-state index contributed by atoms with van der Waals surface area (Å²) in [5, 5.41) is 9.48. The molecule has 0 fully saturated rings. The Morgan fingerprint density at radius 3 is 2.91 bits per heavy atom. The molecule has 0 radical (unpaired) electrons. The van der Waals surface area contributed by atoms with Crippen LogP contribution in [0, 0.1) is 6.92 Å². The Kier molecular flexibility index (Phi) is 2.60. The van der Waals surface area contributed by atoms with E-state index in [0.717, 1.165) is 17.5 Å². The minimum Gasteiger partial charge on any atom is -0.388 e. The van der Waals surface area contributed by atoms with Gasteiger partial charge in [-0.05, 0) is 30.5 Å². The molecule has 0 unspecified atom stereocenters. The Hall–Kier alpha value is -0.890. The Labute approximate surface area is 66.9 Å². The van der Waals surface area contributed by atoms with E-state index in [2.05, 4.69) is 4.98 Å². The number of aliphatic hydroxyl groups is 1. The lowest BCUT2D eigenvalue weighted by molar-refractivity contribution is 0.173. The first kappa shape index (κ1) is 8.21. The number of rotatable bonds is 2. The highest BCUT2D eigenvalue weighted by Gasteiger charge is 2.06. The predicted molar refractivity (Wildman–Crippen MR) is 44.2 cm³/mol. The van der Waals surface area contributed by atoms with Gasteiger partial charge in [0.15, 0.2) is 0 Å².